The van der Waals surface area contributed by atoms with Gasteiger partial charge in [-0.15, -0.1) is 0 Å². The van der Waals surface area contributed by atoms with Crippen LogP contribution in [0.25, 0.3) is 28.2 Å². The Bertz CT molecular complexity index is 938. The molecule has 1 saturated carbocycles. The van der Waals surface area contributed by atoms with Gasteiger partial charge in [0.25, 0.3) is 0 Å². The van der Waals surface area contributed by atoms with Crippen LogP contribution in [0.2, 0.25) is 5.02 Å². The number of fused-ring (bicyclic) bond motifs is 1. The van der Waals surface area contributed by atoms with Crippen molar-refractivity contribution in [1.29, 1.82) is 0 Å². The van der Waals surface area contributed by atoms with Crippen molar-refractivity contribution in [3.05, 3.63) is 53.3 Å². The van der Waals surface area contributed by atoms with E-state index in [1.54, 1.807) is 7.11 Å². The molecule has 1 heterocycles. The highest BCUT2D eigenvalue weighted by atomic mass is 35.5. The van der Waals surface area contributed by atoms with E-state index < -0.39 is 0 Å². The van der Waals surface area contributed by atoms with Crippen LogP contribution in [0.1, 0.15) is 37.9 Å². The first kappa shape index (κ1) is 17.2. The van der Waals surface area contributed by atoms with Crippen molar-refractivity contribution in [3.8, 4) is 16.9 Å². The van der Waals surface area contributed by atoms with Crippen molar-refractivity contribution in [2.75, 3.05) is 7.11 Å². The average Bonchev–Trinajstić information content (AvgIpc) is 3.09. The van der Waals surface area contributed by atoms with Gasteiger partial charge >= 0.3 is 0 Å². The van der Waals surface area contributed by atoms with Gasteiger partial charge in [-0.25, -0.2) is 4.98 Å². The summed E-state index contributed by atoms with van der Waals surface area (Å²) in [5.41, 5.74) is 4.03. The van der Waals surface area contributed by atoms with Crippen LogP contribution in [0.5, 0.6) is 5.75 Å². The van der Waals surface area contributed by atoms with Gasteiger partial charge in [0.1, 0.15) is 11.6 Å². The van der Waals surface area contributed by atoms with Crippen LogP contribution in [0.4, 0.5) is 0 Å². The SMILES string of the molecule is COc1ccc(Cl)cc1-c1ccc2nc(/C=C/C3CCCCC3)[nH]c2c1. The number of aromatic nitrogens is 2. The largest absolute Gasteiger partial charge is 0.496 e. The Kier molecular flexibility index (Phi) is 4.98. The molecule has 0 aliphatic heterocycles. The van der Waals surface area contributed by atoms with Crippen molar-refractivity contribution < 1.29 is 4.74 Å². The van der Waals surface area contributed by atoms with Gasteiger partial charge in [0.05, 0.1) is 18.1 Å². The molecule has 0 radical (unpaired) electrons. The number of rotatable bonds is 4. The molecule has 0 bridgehead atoms. The summed E-state index contributed by atoms with van der Waals surface area (Å²) in [4.78, 5) is 8.12. The lowest BCUT2D eigenvalue weighted by Crippen LogP contribution is -2.02. The van der Waals surface area contributed by atoms with E-state index in [-0.39, 0.29) is 0 Å². The normalized spacial score (nSPS) is 15.8. The third kappa shape index (κ3) is 3.63. The van der Waals surface area contributed by atoms with E-state index in [1.165, 1.54) is 32.1 Å². The maximum absolute atomic E-state index is 6.18. The molecular weight excluding hydrogens is 344 g/mol. The van der Waals surface area contributed by atoms with E-state index in [4.69, 9.17) is 21.3 Å². The first-order valence-electron chi connectivity index (χ1n) is 9.25. The Morgan fingerprint density at radius 1 is 1.12 bits per heavy atom. The number of H-pyrrole nitrogens is 1. The number of allylic oxidation sites excluding steroid dienone is 1. The van der Waals surface area contributed by atoms with E-state index in [0.29, 0.717) is 10.9 Å². The number of hydrogen-bond acceptors (Lipinski definition) is 2. The summed E-state index contributed by atoms with van der Waals surface area (Å²) in [5.74, 6) is 2.43. The molecule has 2 aromatic carbocycles. The number of benzene rings is 2. The summed E-state index contributed by atoms with van der Waals surface area (Å²) in [7, 11) is 1.68. The maximum Gasteiger partial charge on any atom is 0.130 e. The van der Waals surface area contributed by atoms with Gasteiger partial charge in [0, 0.05) is 10.6 Å². The molecule has 1 aliphatic rings. The minimum Gasteiger partial charge on any atom is -0.496 e. The standard InChI is InChI=1S/C22H23ClN2O/c1-26-21-11-9-17(23)14-18(21)16-8-10-19-20(13-16)25-22(24-19)12-7-15-5-3-2-4-6-15/h7-15H,2-6H2,1H3,(H,24,25)/b12-7+. The summed E-state index contributed by atoms with van der Waals surface area (Å²) >= 11 is 6.18. The lowest BCUT2D eigenvalue weighted by molar-refractivity contribution is 0.416. The molecule has 4 heteroatoms. The second kappa shape index (κ2) is 7.55. The smallest absolute Gasteiger partial charge is 0.130 e. The molecule has 26 heavy (non-hydrogen) atoms. The lowest BCUT2D eigenvalue weighted by atomic mass is 9.89. The fourth-order valence-corrected chi connectivity index (χ4v) is 3.91. The van der Waals surface area contributed by atoms with E-state index in [9.17, 15) is 0 Å². The van der Waals surface area contributed by atoms with Crippen molar-refractivity contribution in [2.45, 2.75) is 32.1 Å². The summed E-state index contributed by atoms with van der Waals surface area (Å²) in [6.07, 6.45) is 11.1. The van der Waals surface area contributed by atoms with Gasteiger partial charge in [0.15, 0.2) is 0 Å². The number of ether oxygens (including phenoxy) is 1. The Labute approximate surface area is 159 Å². The molecule has 3 aromatic rings. The third-order valence-corrected chi connectivity index (χ3v) is 5.38. The molecule has 0 atom stereocenters. The first-order valence-corrected chi connectivity index (χ1v) is 9.62. The summed E-state index contributed by atoms with van der Waals surface area (Å²) < 4.78 is 5.48. The van der Waals surface area contributed by atoms with E-state index >= 15 is 0 Å². The average molecular weight is 367 g/mol. The van der Waals surface area contributed by atoms with E-state index in [0.717, 1.165) is 33.7 Å². The summed E-state index contributed by atoms with van der Waals surface area (Å²) in [6, 6.07) is 11.9. The zero-order valence-electron chi connectivity index (χ0n) is 15.0. The van der Waals surface area contributed by atoms with Crippen LogP contribution >= 0.6 is 11.6 Å². The lowest BCUT2D eigenvalue weighted by Gasteiger charge is -2.17. The Morgan fingerprint density at radius 2 is 1.96 bits per heavy atom. The molecule has 0 spiro atoms. The quantitative estimate of drug-likeness (QED) is 0.573. The third-order valence-electron chi connectivity index (χ3n) is 5.15. The van der Waals surface area contributed by atoms with Crippen molar-refractivity contribution in [1.82, 2.24) is 9.97 Å². The Balaban J connectivity index is 1.64. The molecule has 134 valence electrons. The van der Waals surface area contributed by atoms with Gasteiger partial charge in [-0.2, -0.15) is 0 Å². The highest BCUT2D eigenvalue weighted by Gasteiger charge is 2.11. The minimum atomic E-state index is 0.696. The number of hydrogen-bond donors (Lipinski definition) is 1. The Morgan fingerprint density at radius 3 is 2.77 bits per heavy atom. The number of halogens is 1. The highest BCUT2D eigenvalue weighted by molar-refractivity contribution is 6.31. The van der Waals surface area contributed by atoms with Gasteiger partial charge in [-0.1, -0.05) is 43.0 Å². The molecule has 1 aromatic heterocycles. The van der Waals surface area contributed by atoms with Gasteiger partial charge in [-0.3, -0.25) is 0 Å². The maximum atomic E-state index is 6.18. The summed E-state index contributed by atoms with van der Waals surface area (Å²) in [6.45, 7) is 0. The van der Waals surface area contributed by atoms with Crippen molar-refractivity contribution in [3.63, 3.8) is 0 Å². The van der Waals surface area contributed by atoms with Crippen LogP contribution in [-0.2, 0) is 0 Å². The van der Waals surface area contributed by atoms with Crippen LogP contribution < -0.4 is 4.74 Å². The predicted molar refractivity (Wildman–Crippen MR) is 109 cm³/mol. The monoisotopic (exact) mass is 366 g/mol. The molecule has 1 N–H and O–H groups in total. The van der Waals surface area contributed by atoms with Gasteiger partial charge < -0.3 is 9.72 Å². The minimum absolute atomic E-state index is 0.696. The first-order chi connectivity index (χ1) is 12.7. The number of methoxy groups -OCH3 is 1. The number of nitrogens with zero attached hydrogens (tertiary/aromatic N) is 1. The van der Waals surface area contributed by atoms with Crippen LogP contribution in [0.3, 0.4) is 0 Å². The molecule has 0 saturated heterocycles. The molecule has 1 fully saturated rings. The van der Waals surface area contributed by atoms with Gasteiger partial charge in [0.2, 0.25) is 0 Å². The fraction of sp³-hybridized carbons (Fsp3) is 0.318. The van der Waals surface area contributed by atoms with Crippen LogP contribution in [0, 0.1) is 5.92 Å². The second-order valence-corrected chi connectivity index (χ2v) is 7.39. The molecule has 0 unspecified atom stereocenters. The van der Waals surface area contributed by atoms with Crippen molar-refractivity contribution >= 4 is 28.7 Å². The van der Waals surface area contributed by atoms with E-state index in [1.807, 2.05) is 24.3 Å². The van der Waals surface area contributed by atoms with Gasteiger partial charge in [-0.05, 0) is 60.7 Å². The van der Waals surface area contributed by atoms with Crippen LogP contribution in [0.15, 0.2) is 42.5 Å². The Hall–Kier alpha value is -2.26. The molecule has 4 rings (SSSR count). The zero-order valence-corrected chi connectivity index (χ0v) is 15.7. The predicted octanol–water partition coefficient (Wildman–Crippen LogP) is 6.49. The number of nitrogens with one attached hydrogen (secondary N) is 1. The number of aromatic amines is 1. The van der Waals surface area contributed by atoms with Crippen molar-refractivity contribution in [2.24, 2.45) is 5.92 Å². The topological polar surface area (TPSA) is 37.9 Å². The zero-order chi connectivity index (χ0) is 17.9. The molecule has 3 nitrogen and oxygen atoms in total. The number of imidazole rings is 1. The molecular formula is C22H23ClN2O. The fourth-order valence-electron chi connectivity index (χ4n) is 3.74. The molecule has 1 aliphatic carbocycles. The second-order valence-electron chi connectivity index (χ2n) is 6.96. The highest BCUT2D eigenvalue weighted by Crippen LogP contribution is 2.34. The van der Waals surface area contributed by atoms with Crippen LogP contribution in [-0.4, -0.2) is 17.1 Å². The van der Waals surface area contributed by atoms with E-state index in [2.05, 4.69) is 29.3 Å². The summed E-state index contributed by atoms with van der Waals surface area (Å²) in [5, 5.41) is 0.696. The molecule has 0 amide bonds.